The van der Waals surface area contributed by atoms with E-state index in [1.54, 1.807) is 12.4 Å². The average Bonchev–Trinajstić information content (AvgIpc) is 3.02. The van der Waals surface area contributed by atoms with Crippen LogP contribution in [0.4, 0.5) is 4.79 Å². The second kappa shape index (κ2) is 4.12. The number of amides is 2. The van der Waals surface area contributed by atoms with Crippen LogP contribution in [0.1, 0.15) is 32.3 Å². The van der Waals surface area contributed by atoms with E-state index >= 15 is 0 Å². The van der Waals surface area contributed by atoms with Crippen molar-refractivity contribution in [3.63, 3.8) is 0 Å². The number of carbonyl (C=O) groups excluding carboxylic acids is 1. The van der Waals surface area contributed by atoms with E-state index in [1.165, 1.54) is 0 Å². The predicted molar refractivity (Wildman–Crippen MR) is 62.0 cm³/mol. The fourth-order valence-electron chi connectivity index (χ4n) is 1.57. The van der Waals surface area contributed by atoms with Gasteiger partial charge < -0.3 is 10.6 Å². The molecule has 4 heteroatoms. The summed E-state index contributed by atoms with van der Waals surface area (Å²) < 4.78 is 0. The maximum Gasteiger partial charge on any atom is 0.315 e. The van der Waals surface area contributed by atoms with E-state index in [-0.39, 0.29) is 11.6 Å². The largest absolute Gasteiger partial charge is 0.335 e. The van der Waals surface area contributed by atoms with Gasteiger partial charge in [0, 0.05) is 18.4 Å². The van der Waals surface area contributed by atoms with E-state index < -0.39 is 0 Å². The Labute approximate surface area is 95.5 Å². The van der Waals surface area contributed by atoms with Crippen LogP contribution in [0.15, 0.2) is 24.5 Å². The summed E-state index contributed by atoms with van der Waals surface area (Å²) >= 11 is 0. The van der Waals surface area contributed by atoms with Crippen molar-refractivity contribution in [3.05, 3.63) is 30.1 Å². The number of carbonyl (C=O) groups is 1. The first-order valence-corrected chi connectivity index (χ1v) is 5.57. The van der Waals surface area contributed by atoms with Crippen LogP contribution in [0.5, 0.6) is 0 Å². The lowest BCUT2D eigenvalue weighted by Gasteiger charge is -2.26. The highest BCUT2D eigenvalue weighted by Crippen LogP contribution is 2.21. The molecular weight excluding hydrogens is 202 g/mol. The average molecular weight is 219 g/mol. The Bertz CT molecular complexity index is 371. The van der Waals surface area contributed by atoms with Gasteiger partial charge in [0.05, 0.1) is 5.54 Å². The molecule has 1 aliphatic carbocycles. The Hall–Kier alpha value is -1.58. The zero-order valence-corrected chi connectivity index (χ0v) is 9.66. The first kappa shape index (κ1) is 10.9. The number of pyridine rings is 1. The highest BCUT2D eigenvalue weighted by Gasteiger charge is 2.27. The molecule has 1 aromatic heterocycles. The standard InChI is InChI=1S/C12H17N3O/c1-12(2,9-5-7-13-8-6-9)15-11(16)14-10-3-4-10/h5-8,10H,3-4H2,1-2H3,(H2,14,15,16). The molecule has 0 unspecified atom stereocenters. The number of nitrogens with zero attached hydrogens (tertiary/aromatic N) is 1. The summed E-state index contributed by atoms with van der Waals surface area (Å²) in [6.45, 7) is 3.96. The Morgan fingerprint density at radius 3 is 2.56 bits per heavy atom. The van der Waals surface area contributed by atoms with Gasteiger partial charge in [0.1, 0.15) is 0 Å². The molecule has 1 aliphatic rings. The molecule has 2 rings (SSSR count). The number of hydrogen-bond donors (Lipinski definition) is 2. The van der Waals surface area contributed by atoms with E-state index in [1.807, 2.05) is 26.0 Å². The fourth-order valence-corrected chi connectivity index (χ4v) is 1.57. The van der Waals surface area contributed by atoms with Gasteiger partial charge in [-0.1, -0.05) is 0 Å². The van der Waals surface area contributed by atoms with Crippen LogP contribution in [0.25, 0.3) is 0 Å². The maximum absolute atomic E-state index is 11.6. The van der Waals surface area contributed by atoms with Crippen molar-refractivity contribution < 1.29 is 4.79 Å². The number of rotatable bonds is 3. The molecule has 0 aliphatic heterocycles. The molecule has 0 bridgehead atoms. The van der Waals surface area contributed by atoms with Crippen molar-refractivity contribution in [3.8, 4) is 0 Å². The third-order valence-electron chi connectivity index (χ3n) is 2.74. The second-order valence-corrected chi connectivity index (χ2v) is 4.73. The van der Waals surface area contributed by atoms with Gasteiger partial charge >= 0.3 is 6.03 Å². The molecule has 1 aromatic rings. The van der Waals surface area contributed by atoms with Crippen LogP contribution in [0.2, 0.25) is 0 Å². The summed E-state index contributed by atoms with van der Waals surface area (Å²) in [6.07, 6.45) is 5.67. The molecule has 2 amide bonds. The molecule has 86 valence electrons. The van der Waals surface area contributed by atoms with E-state index in [9.17, 15) is 4.79 Å². The summed E-state index contributed by atoms with van der Waals surface area (Å²) in [6, 6.07) is 4.12. The highest BCUT2D eigenvalue weighted by atomic mass is 16.2. The lowest BCUT2D eigenvalue weighted by Crippen LogP contribution is -2.47. The molecule has 1 saturated carbocycles. The lowest BCUT2D eigenvalue weighted by molar-refractivity contribution is 0.229. The van der Waals surface area contributed by atoms with Crippen molar-refractivity contribution >= 4 is 6.03 Å². The molecule has 0 radical (unpaired) electrons. The normalized spacial score (nSPS) is 15.6. The topological polar surface area (TPSA) is 54.0 Å². The smallest absolute Gasteiger partial charge is 0.315 e. The number of hydrogen-bond acceptors (Lipinski definition) is 2. The molecule has 0 saturated heterocycles. The molecule has 1 fully saturated rings. The Morgan fingerprint density at radius 2 is 2.00 bits per heavy atom. The minimum Gasteiger partial charge on any atom is -0.335 e. The van der Waals surface area contributed by atoms with Crippen LogP contribution in [-0.4, -0.2) is 17.1 Å². The third-order valence-corrected chi connectivity index (χ3v) is 2.74. The summed E-state index contributed by atoms with van der Waals surface area (Å²) in [4.78, 5) is 15.6. The Morgan fingerprint density at radius 1 is 1.38 bits per heavy atom. The fraction of sp³-hybridized carbons (Fsp3) is 0.500. The Kier molecular flexibility index (Phi) is 2.81. The van der Waals surface area contributed by atoms with Gasteiger partial charge in [-0.2, -0.15) is 0 Å². The lowest BCUT2D eigenvalue weighted by atomic mass is 9.96. The zero-order valence-electron chi connectivity index (χ0n) is 9.66. The monoisotopic (exact) mass is 219 g/mol. The predicted octanol–water partition coefficient (Wildman–Crippen LogP) is 1.78. The van der Waals surface area contributed by atoms with Crippen LogP contribution in [-0.2, 0) is 5.54 Å². The van der Waals surface area contributed by atoms with Gasteiger partial charge in [0.25, 0.3) is 0 Å². The van der Waals surface area contributed by atoms with Crippen molar-refractivity contribution in [1.29, 1.82) is 0 Å². The molecule has 2 N–H and O–H groups in total. The van der Waals surface area contributed by atoms with Gasteiger partial charge in [-0.15, -0.1) is 0 Å². The van der Waals surface area contributed by atoms with E-state index in [2.05, 4.69) is 15.6 Å². The second-order valence-electron chi connectivity index (χ2n) is 4.73. The van der Waals surface area contributed by atoms with Gasteiger partial charge in [0.15, 0.2) is 0 Å². The number of aromatic nitrogens is 1. The first-order chi connectivity index (χ1) is 7.58. The van der Waals surface area contributed by atoms with Gasteiger partial charge in [-0.05, 0) is 44.4 Å². The van der Waals surface area contributed by atoms with Crippen molar-refractivity contribution in [2.45, 2.75) is 38.3 Å². The molecule has 1 heterocycles. The molecule has 4 nitrogen and oxygen atoms in total. The summed E-state index contributed by atoms with van der Waals surface area (Å²) in [5, 5.41) is 5.88. The van der Waals surface area contributed by atoms with Crippen LogP contribution in [0.3, 0.4) is 0 Å². The van der Waals surface area contributed by atoms with Crippen LogP contribution < -0.4 is 10.6 Å². The van der Waals surface area contributed by atoms with Gasteiger partial charge in [-0.25, -0.2) is 4.79 Å². The molecule has 16 heavy (non-hydrogen) atoms. The summed E-state index contributed by atoms with van der Waals surface area (Å²) in [5.74, 6) is 0. The molecule has 0 aromatic carbocycles. The summed E-state index contributed by atoms with van der Waals surface area (Å²) in [7, 11) is 0. The SMILES string of the molecule is CC(C)(NC(=O)NC1CC1)c1ccncc1. The quantitative estimate of drug-likeness (QED) is 0.814. The van der Waals surface area contributed by atoms with Crippen molar-refractivity contribution in [1.82, 2.24) is 15.6 Å². The number of urea groups is 1. The van der Waals surface area contributed by atoms with Crippen molar-refractivity contribution in [2.24, 2.45) is 0 Å². The minimum absolute atomic E-state index is 0.0932. The van der Waals surface area contributed by atoms with E-state index in [0.29, 0.717) is 6.04 Å². The maximum atomic E-state index is 11.6. The number of nitrogens with one attached hydrogen (secondary N) is 2. The van der Waals surface area contributed by atoms with E-state index in [0.717, 1.165) is 18.4 Å². The van der Waals surface area contributed by atoms with E-state index in [4.69, 9.17) is 0 Å². The third kappa shape index (κ3) is 2.72. The van der Waals surface area contributed by atoms with Gasteiger partial charge in [0.2, 0.25) is 0 Å². The van der Waals surface area contributed by atoms with Crippen LogP contribution in [0, 0.1) is 0 Å². The van der Waals surface area contributed by atoms with Crippen molar-refractivity contribution in [2.75, 3.05) is 0 Å². The summed E-state index contributed by atoms with van der Waals surface area (Å²) in [5.41, 5.74) is 0.676. The highest BCUT2D eigenvalue weighted by molar-refractivity contribution is 5.75. The van der Waals surface area contributed by atoms with Crippen LogP contribution >= 0.6 is 0 Å². The molecule has 0 spiro atoms. The first-order valence-electron chi connectivity index (χ1n) is 5.57. The Balaban J connectivity index is 1.98. The van der Waals surface area contributed by atoms with Gasteiger partial charge in [-0.3, -0.25) is 4.98 Å². The molecule has 0 atom stereocenters. The zero-order chi connectivity index (χ0) is 11.6. The minimum atomic E-state index is -0.373. The molecular formula is C12H17N3O.